The summed E-state index contributed by atoms with van der Waals surface area (Å²) >= 11 is 0. The summed E-state index contributed by atoms with van der Waals surface area (Å²) in [6, 6.07) is 0. The molecule has 0 aromatic heterocycles. The summed E-state index contributed by atoms with van der Waals surface area (Å²) in [5, 5.41) is 0. The molecule has 13 heavy (non-hydrogen) atoms. The Labute approximate surface area is 74.9 Å². The molecule has 0 fully saturated rings. The number of rotatable bonds is 2. The highest BCUT2D eigenvalue weighted by atomic mass is 19.4. The molecule has 0 aliphatic heterocycles. The number of halogens is 3. The minimum Gasteiger partial charge on any atom is -0.365 e. The van der Waals surface area contributed by atoms with Gasteiger partial charge in [0.1, 0.15) is 6.61 Å². The summed E-state index contributed by atoms with van der Waals surface area (Å²) in [7, 11) is 0. The zero-order valence-electron chi connectivity index (χ0n) is 7.05. The van der Waals surface area contributed by atoms with E-state index in [1.807, 2.05) is 12.2 Å². The van der Waals surface area contributed by atoms with Gasteiger partial charge in [-0.3, -0.25) is 0 Å². The lowest BCUT2D eigenvalue weighted by atomic mass is 10.2. The van der Waals surface area contributed by atoms with Gasteiger partial charge in [0.05, 0.1) is 6.10 Å². The standard InChI is InChI=1S/C9H11F3O/c10-9(11,12)7-13-8-5-3-1-2-4-6-8/h1-3,5,8H,4,6-7H2. The average Bonchev–Trinajstić information content (AvgIpc) is 2.26. The van der Waals surface area contributed by atoms with Crippen molar-refractivity contribution in [1.29, 1.82) is 0 Å². The molecule has 1 atom stereocenters. The van der Waals surface area contributed by atoms with E-state index in [4.69, 9.17) is 0 Å². The van der Waals surface area contributed by atoms with E-state index in [0.29, 0.717) is 6.42 Å². The quantitative estimate of drug-likeness (QED) is 0.653. The Kier molecular flexibility index (Phi) is 3.54. The smallest absolute Gasteiger partial charge is 0.365 e. The zero-order valence-corrected chi connectivity index (χ0v) is 7.05. The molecule has 0 N–H and O–H groups in total. The van der Waals surface area contributed by atoms with Crippen LogP contribution in [-0.2, 0) is 4.74 Å². The summed E-state index contributed by atoms with van der Waals surface area (Å²) in [6.07, 6.45) is 3.83. The van der Waals surface area contributed by atoms with Crippen molar-refractivity contribution in [3.8, 4) is 0 Å². The van der Waals surface area contributed by atoms with Crippen molar-refractivity contribution in [2.24, 2.45) is 0 Å². The first-order valence-electron chi connectivity index (χ1n) is 4.09. The molecule has 0 heterocycles. The molecule has 1 nitrogen and oxygen atoms in total. The van der Waals surface area contributed by atoms with Crippen molar-refractivity contribution < 1.29 is 17.9 Å². The van der Waals surface area contributed by atoms with Crippen LogP contribution >= 0.6 is 0 Å². The Hall–Kier alpha value is -0.770. The molecule has 0 aromatic rings. The van der Waals surface area contributed by atoms with Crippen LogP contribution < -0.4 is 0 Å². The van der Waals surface area contributed by atoms with E-state index >= 15 is 0 Å². The van der Waals surface area contributed by atoms with Crippen LogP contribution in [0.3, 0.4) is 0 Å². The van der Waals surface area contributed by atoms with Crippen LogP contribution in [0.2, 0.25) is 0 Å². The van der Waals surface area contributed by atoms with Gasteiger partial charge in [0.15, 0.2) is 0 Å². The average molecular weight is 192 g/mol. The van der Waals surface area contributed by atoms with Crippen molar-refractivity contribution >= 4 is 0 Å². The lowest BCUT2D eigenvalue weighted by Crippen LogP contribution is -2.22. The zero-order chi connectivity index (χ0) is 9.73. The highest BCUT2D eigenvalue weighted by Crippen LogP contribution is 2.18. The van der Waals surface area contributed by atoms with Gasteiger partial charge in [-0.05, 0) is 12.8 Å². The maximum atomic E-state index is 11.7. The van der Waals surface area contributed by atoms with Crippen molar-refractivity contribution in [1.82, 2.24) is 0 Å². The first-order chi connectivity index (χ1) is 6.08. The number of hydrogen-bond acceptors (Lipinski definition) is 1. The number of ether oxygens (including phenoxy) is 1. The van der Waals surface area contributed by atoms with Gasteiger partial charge in [0.25, 0.3) is 0 Å². The van der Waals surface area contributed by atoms with Crippen LogP contribution in [0.25, 0.3) is 0 Å². The molecule has 0 bridgehead atoms. The monoisotopic (exact) mass is 192 g/mol. The molecule has 4 heteroatoms. The highest BCUT2D eigenvalue weighted by Gasteiger charge is 2.28. The van der Waals surface area contributed by atoms with Crippen LogP contribution in [0.1, 0.15) is 12.8 Å². The fraction of sp³-hybridized carbons (Fsp3) is 0.556. The van der Waals surface area contributed by atoms with Gasteiger partial charge in [-0.1, -0.05) is 24.3 Å². The molecule has 0 spiro atoms. The van der Waals surface area contributed by atoms with E-state index in [1.165, 1.54) is 0 Å². The summed E-state index contributed by atoms with van der Waals surface area (Å²) in [5.41, 5.74) is 0. The molecule has 1 rings (SSSR count). The first-order valence-corrected chi connectivity index (χ1v) is 4.09. The molecule has 1 aliphatic rings. The Bertz CT molecular complexity index is 205. The topological polar surface area (TPSA) is 9.23 Å². The maximum absolute atomic E-state index is 11.7. The Morgan fingerprint density at radius 3 is 2.77 bits per heavy atom. The van der Waals surface area contributed by atoms with E-state index in [1.54, 1.807) is 12.2 Å². The minimum atomic E-state index is -4.23. The molecule has 0 radical (unpaired) electrons. The Morgan fingerprint density at radius 1 is 1.31 bits per heavy atom. The molecular weight excluding hydrogens is 181 g/mol. The van der Waals surface area contributed by atoms with E-state index < -0.39 is 18.9 Å². The fourth-order valence-corrected chi connectivity index (χ4v) is 1.06. The number of alkyl halides is 3. The second kappa shape index (κ2) is 4.46. The minimum absolute atomic E-state index is 0.406. The third-order valence-electron chi connectivity index (χ3n) is 1.65. The summed E-state index contributed by atoms with van der Waals surface area (Å²) in [6.45, 7) is -1.16. The second-order valence-electron chi connectivity index (χ2n) is 2.86. The van der Waals surface area contributed by atoms with Gasteiger partial charge >= 0.3 is 6.18 Å². The van der Waals surface area contributed by atoms with Gasteiger partial charge in [-0.15, -0.1) is 0 Å². The van der Waals surface area contributed by atoms with Crippen LogP contribution in [0.5, 0.6) is 0 Å². The fourth-order valence-electron chi connectivity index (χ4n) is 1.06. The number of hydrogen-bond donors (Lipinski definition) is 0. The lowest BCUT2D eigenvalue weighted by molar-refractivity contribution is -0.181. The van der Waals surface area contributed by atoms with Gasteiger partial charge < -0.3 is 4.74 Å². The van der Waals surface area contributed by atoms with E-state index in [9.17, 15) is 13.2 Å². The Morgan fingerprint density at radius 2 is 2.08 bits per heavy atom. The van der Waals surface area contributed by atoms with Crippen molar-refractivity contribution in [3.63, 3.8) is 0 Å². The van der Waals surface area contributed by atoms with Crippen molar-refractivity contribution in [2.45, 2.75) is 25.1 Å². The van der Waals surface area contributed by atoms with Gasteiger partial charge in [0.2, 0.25) is 0 Å². The molecule has 0 amide bonds. The lowest BCUT2D eigenvalue weighted by Gasteiger charge is -2.13. The normalized spacial score (nSPS) is 23.2. The van der Waals surface area contributed by atoms with Crippen molar-refractivity contribution in [3.05, 3.63) is 24.3 Å². The molecule has 74 valence electrons. The third kappa shape index (κ3) is 4.72. The molecule has 0 saturated carbocycles. The van der Waals surface area contributed by atoms with Crippen LogP contribution in [0.4, 0.5) is 13.2 Å². The molecule has 1 aliphatic carbocycles. The summed E-state index contributed by atoms with van der Waals surface area (Å²) < 4.78 is 39.9. The summed E-state index contributed by atoms with van der Waals surface area (Å²) in [4.78, 5) is 0. The van der Waals surface area contributed by atoms with E-state index in [-0.39, 0.29) is 0 Å². The largest absolute Gasteiger partial charge is 0.411 e. The van der Waals surface area contributed by atoms with Gasteiger partial charge in [-0.2, -0.15) is 13.2 Å². The molecule has 0 aromatic carbocycles. The van der Waals surface area contributed by atoms with E-state index in [2.05, 4.69) is 4.74 Å². The predicted octanol–water partition coefficient (Wildman–Crippen LogP) is 2.84. The van der Waals surface area contributed by atoms with Gasteiger partial charge in [-0.25, -0.2) is 0 Å². The van der Waals surface area contributed by atoms with Crippen molar-refractivity contribution in [2.75, 3.05) is 6.61 Å². The summed E-state index contributed by atoms with van der Waals surface area (Å²) in [5.74, 6) is 0. The SMILES string of the molecule is FC(F)(F)COC1C=CC=CCC1. The molecular formula is C9H11F3O. The number of allylic oxidation sites excluding steroid dienone is 3. The highest BCUT2D eigenvalue weighted by molar-refractivity contribution is 5.08. The first kappa shape index (κ1) is 10.3. The maximum Gasteiger partial charge on any atom is 0.411 e. The van der Waals surface area contributed by atoms with Crippen LogP contribution in [0, 0.1) is 0 Å². The van der Waals surface area contributed by atoms with Gasteiger partial charge in [0, 0.05) is 0 Å². The molecule has 0 saturated heterocycles. The van der Waals surface area contributed by atoms with Crippen LogP contribution in [-0.4, -0.2) is 18.9 Å². The Balaban J connectivity index is 2.29. The third-order valence-corrected chi connectivity index (χ3v) is 1.65. The molecule has 1 unspecified atom stereocenters. The predicted molar refractivity (Wildman–Crippen MR) is 43.3 cm³/mol. The van der Waals surface area contributed by atoms with Crippen LogP contribution in [0.15, 0.2) is 24.3 Å². The van der Waals surface area contributed by atoms with E-state index in [0.717, 1.165) is 6.42 Å². The second-order valence-corrected chi connectivity index (χ2v) is 2.86.